The first-order valence-electron chi connectivity index (χ1n) is 12.2. The Balaban J connectivity index is 1.47. The summed E-state index contributed by atoms with van der Waals surface area (Å²) in [7, 11) is 0. The fourth-order valence-electron chi connectivity index (χ4n) is 5.19. The quantitative estimate of drug-likeness (QED) is 0.247. The molecule has 36 heavy (non-hydrogen) atoms. The van der Waals surface area contributed by atoms with E-state index in [-0.39, 0.29) is 0 Å². The third-order valence-electron chi connectivity index (χ3n) is 6.92. The highest BCUT2D eigenvalue weighted by molar-refractivity contribution is 6.13. The first-order chi connectivity index (χ1) is 17.8. The molecule has 0 atom stereocenters. The molecule has 0 amide bonds. The molecule has 0 fully saturated rings. The topological polar surface area (TPSA) is 25.8 Å². The van der Waals surface area contributed by atoms with Crippen molar-refractivity contribution in [3.63, 3.8) is 0 Å². The van der Waals surface area contributed by atoms with Crippen LogP contribution in [0.2, 0.25) is 0 Å². The summed E-state index contributed by atoms with van der Waals surface area (Å²) >= 11 is 0. The van der Waals surface area contributed by atoms with E-state index in [9.17, 15) is 0 Å². The van der Waals surface area contributed by atoms with Gasteiger partial charge in [0, 0.05) is 34.3 Å². The second-order valence-corrected chi connectivity index (χ2v) is 9.09. The summed E-state index contributed by atoms with van der Waals surface area (Å²) in [5, 5.41) is 5.98. The van der Waals surface area contributed by atoms with Gasteiger partial charge in [-0.2, -0.15) is 0 Å². The van der Waals surface area contributed by atoms with E-state index in [1.807, 2.05) is 12.4 Å². The van der Waals surface area contributed by atoms with E-state index in [1.165, 1.54) is 32.7 Å². The Morgan fingerprint density at radius 3 is 2.06 bits per heavy atom. The minimum atomic E-state index is 0.965. The summed E-state index contributed by atoms with van der Waals surface area (Å²) in [5.74, 6) is 0. The van der Waals surface area contributed by atoms with Crippen molar-refractivity contribution in [1.29, 1.82) is 0 Å². The summed E-state index contributed by atoms with van der Waals surface area (Å²) in [6, 6.07) is 42.8. The Morgan fingerprint density at radius 1 is 0.444 bits per heavy atom. The lowest BCUT2D eigenvalue weighted by molar-refractivity contribution is 1.36. The lowest BCUT2D eigenvalue weighted by Gasteiger charge is -2.14. The molecule has 0 radical (unpaired) electrons. The molecule has 0 aliphatic rings. The molecule has 0 bridgehead atoms. The number of benzene rings is 5. The van der Waals surface area contributed by atoms with Gasteiger partial charge in [-0.25, -0.2) is 4.98 Å². The van der Waals surface area contributed by atoms with E-state index >= 15 is 0 Å². The number of aromatic nitrogens is 2. The average Bonchev–Trinajstić information content (AvgIpc) is 2.96. The van der Waals surface area contributed by atoms with Crippen molar-refractivity contribution in [3.8, 4) is 33.5 Å². The Bertz CT molecular complexity index is 1880. The van der Waals surface area contributed by atoms with Gasteiger partial charge in [-0.05, 0) is 51.0 Å². The third-order valence-corrected chi connectivity index (χ3v) is 6.92. The van der Waals surface area contributed by atoms with Crippen LogP contribution in [0.4, 0.5) is 0 Å². The molecule has 0 N–H and O–H groups in total. The zero-order valence-electron chi connectivity index (χ0n) is 19.6. The van der Waals surface area contributed by atoms with Gasteiger partial charge in [-0.1, -0.05) is 103 Å². The summed E-state index contributed by atoms with van der Waals surface area (Å²) < 4.78 is 0. The first kappa shape index (κ1) is 20.5. The molecular weight excluding hydrogens is 436 g/mol. The third kappa shape index (κ3) is 3.43. The summed E-state index contributed by atoms with van der Waals surface area (Å²) in [4.78, 5) is 9.66. The summed E-state index contributed by atoms with van der Waals surface area (Å²) in [6.07, 6.45) is 3.88. The van der Waals surface area contributed by atoms with Crippen LogP contribution in [-0.4, -0.2) is 9.97 Å². The normalized spacial score (nSPS) is 11.3. The van der Waals surface area contributed by atoms with Gasteiger partial charge in [-0.15, -0.1) is 0 Å². The van der Waals surface area contributed by atoms with Crippen LogP contribution in [0.3, 0.4) is 0 Å². The minimum Gasteiger partial charge on any atom is -0.263 e. The predicted octanol–water partition coefficient (Wildman–Crippen LogP) is 8.94. The Kier molecular flexibility index (Phi) is 4.82. The number of nitrogens with zero attached hydrogens (tertiary/aromatic N) is 2. The maximum Gasteiger partial charge on any atom is 0.0722 e. The molecule has 2 heterocycles. The van der Waals surface area contributed by atoms with E-state index in [0.717, 1.165) is 33.3 Å². The smallest absolute Gasteiger partial charge is 0.0722 e. The lowest BCUT2D eigenvalue weighted by Crippen LogP contribution is -1.92. The van der Waals surface area contributed by atoms with E-state index < -0.39 is 0 Å². The Morgan fingerprint density at radius 2 is 1.17 bits per heavy atom. The van der Waals surface area contributed by atoms with Crippen molar-refractivity contribution in [2.24, 2.45) is 0 Å². The van der Waals surface area contributed by atoms with Crippen LogP contribution in [0.1, 0.15) is 0 Å². The fourth-order valence-corrected chi connectivity index (χ4v) is 5.19. The summed E-state index contributed by atoms with van der Waals surface area (Å²) in [6.45, 7) is 0. The van der Waals surface area contributed by atoms with Crippen LogP contribution >= 0.6 is 0 Å². The number of hydrogen-bond donors (Lipinski definition) is 0. The van der Waals surface area contributed by atoms with Gasteiger partial charge in [0.1, 0.15) is 0 Å². The van der Waals surface area contributed by atoms with Crippen molar-refractivity contribution >= 4 is 32.4 Å². The molecule has 5 aromatic carbocycles. The maximum atomic E-state index is 5.16. The maximum absolute atomic E-state index is 5.16. The number of fused-ring (bicyclic) bond motifs is 4. The molecule has 2 heteroatoms. The lowest BCUT2D eigenvalue weighted by atomic mass is 9.93. The van der Waals surface area contributed by atoms with Gasteiger partial charge in [0.2, 0.25) is 0 Å². The molecule has 0 unspecified atom stereocenters. The zero-order chi connectivity index (χ0) is 23.9. The molecule has 0 spiro atoms. The van der Waals surface area contributed by atoms with Crippen molar-refractivity contribution in [1.82, 2.24) is 9.97 Å². The largest absolute Gasteiger partial charge is 0.263 e. The van der Waals surface area contributed by atoms with Crippen molar-refractivity contribution in [2.75, 3.05) is 0 Å². The average molecular weight is 459 g/mol. The molecule has 0 saturated heterocycles. The predicted molar refractivity (Wildman–Crippen MR) is 151 cm³/mol. The Labute approximate surface area is 209 Å². The van der Waals surface area contributed by atoms with Crippen molar-refractivity contribution in [2.45, 2.75) is 0 Å². The molecule has 2 nitrogen and oxygen atoms in total. The van der Waals surface area contributed by atoms with E-state index in [4.69, 9.17) is 4.98 Å². The van der Waals surface area contributed by atoms with Crippen molar-refractivity contribution < 1.29 is 0 Å². The number of rotatable bonds is 3. The number of pyridine rings is 2. The van der Waals surface area contributed by atoms with E-state index in [1.54, 1.807) is 0 Å². The van der Waals surface area contributed by atoms with Gasteiger partial charge in [-0.3, -0.25) is 4.98 Å². The SMILES string of the molecule is c1ccc(-c2cc(-c3cccc(-c4cncc5ccccc45)c3)nc3ccc4ccccc4c23)cc1. The molecule has 0 aliphatic heterocycles. The van der Waals surface area contributed by atoms with Gasteiger partial charge >= 0.3 is 0 Å². The molecule has 0 saturated carbocycles. The minimum absolute atomic E-state index is 0.965. The molecule has 7 rings (SSSR count). The molecule has 2 aromatic heterocycles. The summed E-state index contributed by atoms with van der Waals surface area (Å²) in [5.41, 5.74) is 7.71. The number of hydrogen-bond acceptors (Lipinski definition) is 2. The van der Waals surface area contributed by atoms with Crippen LogP contribution in [-0.2, 0) is 0 Å². The van der Waals surface area contributed by atoms with Crippen LogP contribution in [0, 0.1) is 0 Å². The molecule has 168 valence electrons. The molecular formula is C34H22N2. The van der Waals surface area contributed by atoms with Gasteiger partial charge in [0.05, 0.1) is 11.2 Å². The highest BCUT2D eigenvalue weighted by atomic mass is 14.7. The van der Waals surface area contributed by atoms with E-state index in [2.05, 4.69) is 126 Å². The Hall–Kier alpha value is -4.82. The van der Waals surface area contributed by atoms with Crippen LogP contribution < -0.4 is 0 Å². The van der Waals surface area contributed by atoms with Crippen LogP contribution in [0.15, 0.2) is 134 Å². The molecule has 0 aliphatic carbocycles. The van der Waals surface area contributed by atoms with Crippen LogP contribution in [0.5, 0.6) is 0 Å². The van der Waals surface area contributed by atoms with Gasteiger partial charge < -0.3 is 0 Å². The monoisotopic (exact) mass is 458 g/mol. The second kappa shape index (κ2) is 8.44. The van der Waals surface area contributed by atoms with Gasteiger partial charge in [0.25, 0.3) is 0 Å². The fraction of sp³-hybridized carbons (Fsp3) is 0. The highest BCUT2D eigenvalue weighted by Gasteiger charge is 2.13. The highest BCUT2D eigenvalue weighted by Crippen LogP contribution is 2.37. The zero-order valence-corrected chi connectivity index (χ0v) is 19.6. The van der Waals surface area contributed by atoms with Crippen molar-refractivity contribution in [3.05, 3.63) is 134 Å². The van der Waals surface area contributed by atoms with Gasteiger partial charge in [0.15, 0.2) is 0 Å². The van der Waals surface area contributed by atoms with Crippen LogP contribution in [0.25, 0.3) is 66.0 Å². The van der Waals surface area contributed by atoms with E-state index in [0.29, 0.717) is 0 Å². The molecule has 7 aromatic rings. The standard InChI is InChI=1S/C34H22N2/c1-2-9-23(10-3-1)30-20-33(36-32-18-17-24-11-4-7-16-29(24)34(30)32)26-14-8-13-25(19-26)31-22-35-21-27-12-5-6-15-28(27)31/h1-22H. The second-order valence-electron chi connectivity index (χ2n) is 9.09. The first-order valence-corrected chi connectivity index (χ1v) is 12.2.